The van der Waals surface area contributed by atoms with E-state index in [0.29, 0.717) is 16.8 Å². The number of nitrogens with one attached hydrogen (secondary N) is 3. The predicted octanol–water partition coefficient (Wildman–Crippen LogP) is 3.30. The fourth-order valence-electron chi connectivity index (χ4n) is 2.79. The summed E-state index contributed by atoms with van der Waals surface area (Å²) in [5.74, 6) is -0.439. The van der Waals surface area contributed by atoms with Gasteiger partial charge in [0.2, 0.25) is 15.9 Å². The maximum atomic E-state index is 12.6. The van der Waals surface area contributed by atoms with E-state index in [1.54, 1.807) is 37.3 Å². The van der Waals surface area contributed by atoms with Gasteiger partial charge in [-0.1, -0.05) is 26.8 Å². The van der Waals surface area contributed by atoms with E-state index >= 15 is 0 Å². The molecule has 0 aliphatic carbocycles. The van der Waals surface area contributed by atoms with Crippen molar-refractivity contribution in [1.29, 1.82) is 0 Å². The second-order valence-corrected chi connectivity index (χ2v) is 10.4. The van der Waals surface area contributed by atoms with Gasteiger partial charge in [0.15, 0.2) is 0 Å². The molecule has 0 saturated heterocycles. The Morgan fingerprint density at radius 2 is 1.45 bits per heavy atom. The van der Waals surface area contributed by atoms with Crippen LogP contribution in [0.3, 0.4) is 0 Å². The zero-order valence-electron chi connectivity index (χ0n) is 18.9. The van der Waals surface area contributed by atoms with Crippen molar-refractivity contribution in [1.82, 2.24) is 10.0 Å². The van der Waals surface area contributed by atoms with Gasteiger partial charge in [-0.05, 0) is 67.8 Å². The third-order valence-corrected chi connectivity index (χ3v) is 6.47. The molecule has 0 fully saturated rings. The minimum atomic E-state index is -3.66. The lowest BCUT2D eigenvalue weighted by atomic mass is 9.95. The number of carbonyl (C=O) groups excluding carboxylic acids is 2. The second-order valence-electron chi connectivity index (χ2n) is 8.64. The van der Waals surface area contributed by atoms with E-state index in [9.17, 15) is 18.0 Å². The van der Waals surface area contributed by atoms with Crippen molar-refractivity contribution in [3.05, 3.63) is 58.7 Å². The number of anilines is 1. The van der Waals surface area contributed by atoms with E-state index in [2.05, 4.69) is 15.4 Å². The number of hydrogen-bond donors (Lipinski definition) is 3. The highest BCUT2D eigenvalue weighted by Gasteiger charge is 2.21. The smallest absolute Gasteiger partial charge is 0.251 e. The molecule has 2 aromatic rings. The molecule has 0 unspecified atom stereocenters. The highest BCUT2D eigenvalue weighted by Crippen LogP contribution is 2.20. The molecule has 8 heteroatoms. The first-order valence-corrected chi connectivity index (χ1v) is 11.6. The molecule has 0 spiro atoms. The largest absolute Gasteiger partial charge is 0.351 e. The van der Waals surface area contributed by atoms with Gasteiger partial charge in [-0.15, -0.1) is 0 Å². The van der Waals surface area contributed by atoms with Crippen molar-refractivity contribution in [3.8, 4) is 0 Å². The zero-order valence-corrected chi connectivity index (χ0v) is 19.7. The zero-order chi connectivity index (χ0) is 23.4. The maximum Gasteiger partial charge on any atom is 0.251 e. The molecule has 2 aromatic carbocycles. The fraction of sp³-hybridized carbons (Fsp3) is 0.391. The van der Waals surface area contributed by atoms with E-state index in [-0.39, 0.29) is 29.8 Å². The molecule has 0 heterocycles. The van der Waals surface area contributed by atoms with Gasteiger partial charge < -0.3 is 10.6 Å². The van der Waals surface area contributed by atoms with Crippen LogP contribution < -0.4 is 15.4 Å². The molecule has 3 N–H and O–H groups in total. The summed E-state index contributed by atoms with van der Waals surface area (Å²) in [5.41, 5.74) is 3.13. The summed E-state index contributed by atoms with van der Waals surface area (Å²) in [6.45, 7) is 11.2. The van der Waals surface area contributed by atoms with Crippen molar-refractivity contribution in [2.24, 2.45) is 5.41 Å². The Morgan fingerprint density at radius 3 is 2.03 bits per heavy atom. The van der Waals surface area contributed by atoms with Crippen LogP contribution in [-0.4, -0.2) is 33.3 Å². The molecule has 2 rings (SSSR count). The Hall–Kier alpha value is -2.71. The van der Waals surface area contributed by atoms with Crippen molar-refractivity contribution >= 4 is 27.5 Å². The SMILES string of the molecule is Cc1cc(C)c(S(=O)(=O)NCCNC(=O)c2ccc(NC(=O)C(C)(C)C)cc2)cc1C. The molecule has 0 atom stereocenters. The van der Waals surface area contributed by atoms with Gasteiger partial charge in [-0.25, -0.2) is 13.1 Å². The van der Waals surface area contributed by atoms with Crippen LogP contribution in [0.1, 0.15) is 47.8 Å². The Labute approximate surface area is 184 Å². The number of sulfonamides is 1. The lowest BCUT2D eigenvalue weighted by Gasteiger charge is -2.17. The van der Waals surface area contributed by atoms with E-state index in [1.165, 1.54) is 0 Å². The average Bonchev–Trinajstić information content (AvgIpc) is 2.67. The Balaban J connectivity index is 1.89. The molecule has 7 nitrogen and oxygen atoms in total. The molecule has 2 amide bonds. The topological polar surface area (TPSA) is 104 Å². The quantitative estimate of drug-likeness (QED) is 0.569. The van der Waals surface area contributed by atoms with Crippen LogP contribution in [0.4, 0.5) is 5.69 Å². The molecule has 0 radical (unpaired) electrons. The Morgan fingerprint density at radius 1 is 0.871 bits per heavy atom. The summed E-state index contributed by atoms with van der Waals surface area (Å²) in [7, 11) is -3.66. The minimum Gasteiger partial charge on any atom is -0.351 e. The van der Waals surface area contributed by atoms with Crippen LogP contribution >= 0.6 is 0 Å². The van der Waals surface area contributed by atoms with Crippen molar-refractivity contribution in [2.75, 3.05) is 18.4 Å². The molecule has 0 aliphatic rings. The predicted molar refractivity (Wildman–Crippen MR) is 123 cm³/mol. The van der Waals surface area contributed by atoms with Gasteiger partial charge in [-0.2, -0.15) is 0 Å². The van der Waals surface area contributed by atoms with Crippen molar-refractivity contribution in [3.63, 3.8) is 0 Å². The van der Waals surface area contributed by atoms with Gasteiger partial charge in [0.05, 0.1) is 4.90 Å². The number of amides is 2. The fourth-order valence-corrected chi connectivity index (χ4v) is 4.13. The first-order valence-electron chi connectivity index (χ1n) is 10.1. The second kappa shape index (κ2) is 9.62. The molecular formula is C23H31N3O4S. The lowest BCUT2D eigenvalue weighted by Crippen LogP contribution is -2.35. The van der Waals surface area contributed by atoms with E-state index in [0.717, 1.165) is 11.1 Å². The Kier molecular flexibility index (Phi) is 7.62. The third-order valence-electron chi connectivity index (χ3n) is 4.87. The van der Waals surface area contributed by atoms with Gasteiger partial charge in [-0.3, -0.25) is 9.59 Å². The highest BCUT2D eigenvalue weighted by molar-refractivity contribution is 7.89. The first-order chi connectivity index (χ1) is 14.3. The van der Waals surface area contributed by atoms with Crippen molar-refractivity contribution < 1.29 is 18.0 Å². The molecular weight excluding hydrogens is 414 g/mol. The standard InChI is InChI=1S/C23H31N3O4S/c1-15-13-17(3)20(14-16(15)2)31(29,30)25-12-11-24-21(27)18-7-9-19(10-8-18)26-22(28)23(4,5)6/h7-10,13-14,25H,11-12H2,1-6H3,(H,24,27)(H,26,28). The summed E-state index contributed by atoms with van der Waals surface area (Å²) in [6, 6.07) is 10.0. The molecule has 0 saturated carbocycles. The summed E-state index contributed by atoms with van der Waals surface area (Å²) in [6.07, 6.45) is 0. The summed E-state index contributed by atoms with van der Waals surface area (Å²) >= 11 is 0. The monoisotopic (exact) mass is 445 g/mol. The summed E-state index contributed by atoms with van der Waals surface area (Å²) in [4.78, 5) is 24.6. The lowest BCUT2D eigenvalue weighted by molar-refractivity contribution is -0.123. The van der Waals surface area contributed by atoms with Crippen molar-refractivity contribution in [2.45, 2.75) is 46.4 Å². The van der Waals surface area contributed by atoms with E-state index in [1.807, 2.05) is 40.7 Å². The van der Waals surface area contributed by atoms with Crippen LogP contribution in [0, 0.1) is 26.2 Å². The normalized spacial score (nSPS) is 11.8. The molecule has 0 aromatic heterocycles. The number of rotatable bonds is 7. The number of benzene rings is 2. The summed E-state index contributed by atoms with van der Waals surface area (Å²) < 4.78 is 27.7. The molecule has 0 bridgehead atoms. The summed E-state index contributed by atoms with van der Waals surface area (Å²) in [5, 5.41) is 5.49. The van der Waals surface area contributed by atoms with Gasteiger partial charge in [0.25, 0.3) is 5.91 Å². The molecule has 168 valence electrons. The number of aryl methyl sites for hydroxylation is 3. The van der Waals surface area contributed by atoms with E-state index in [4.69, 9.17) is 0 Å². The van der Waals surface area contributed by atoms with Gasteiger partial charge >= 0.3 is 0 Å². The Bertz CT molecular complexity index is 1070. The minimum absolute atomic E-state index is 0.0696. The first kappa shape index (κ1) is 24.6. The van der Waals surface area contributed by atoms with Gasteiger partial charge in [0, 0.05) is 29.8 Å². The number of carbonyl (C=O) groups is 2. The van der Waals surface area contributed by atoms with Crippen LogP contribution in [0.15, 0.2) is 41.3 Å². The van der Waals surface area contributed by atoms with Crippen LogP contribution in [0.5, 0.6) is 0 Å². The highest BCUT2D eigenvalue weighted by atomic mass is 32.2. The molecule has 0 aliphatic heterocycles. The van der Waals surface area contributed by atoms with Crippen LogP contribution in [0.25, 0.3) is 0 Å². The van der Waals surface area contributed by atoms with E-state index < -0.39 is 15.4 Å². The van der Waals surface area contributed by atoms with Crippen LogP contribution in [-0.2, 0) is 14.8 Å². The molecule has 31 heavy (non-hydrogen) atoms. The van der Waals surface area contributed by atoms with Crippen LogP contribution in [0.2, 0.25) is 0 Å². The third kappa shape index (κ3) is 6.63. The maximum absolute atomic E-state index is 12.6. The van der Waals surface area contributed by atoms with Gasteiger partial charge in [0.1, 0.15) is 0 Å². The average molecular weight is 446 g/mol. The number of hydrogen-bond acceptors (Lipinski definition) is 4.